The van der Waals surface area contributed by atoms with Crippen molar-refractivity contribution in [3.8, 4) is 0 Å². The lowest BCUT2D eigenvalue weighted by molar-refractivity contribution is -0.123. The number of carbonyl (C=O) groups is 1. The van der Waals surface area contributed by atoms with Crippen LogP contribution in [0.3, 0.4) is 0 Å². The molecule has 1 atom stereocenters. The molecule has 0 aliphatic carbocycles. The van der Waals surface area contributed by atoms with Gasteiger partial charge in [-0.2, -0.15) is 0 Å². The van der Waals surface area contributed by atoms with Crippen LogP contribution in [0.4, 0.5) is 0 Å². The minimum absolute atomic E-state index is 0.287. The maximum absolute atomic E-state index is 11.7. The summed E-state index contributed by atoms with van der Waals surface area (Å²) in [5, 5.41) is 3.27. The van der Waals surface area contributed by atoms with Crippen LogP contribution in [0, 0.1) is 0 Å². The van der Waals surface area contributed by atoms with Gasteiger partial charge < -0.3 is 11.1 Å². The second-order valence-corrected chi connectivity index (χ2v) is 5.06. The highest BCUT2D eigenvalue weighted by molar-refractivity contribution is 9.10. The standard InChI is InChI=1S/C12H16BrN3O/c13-10-3-1-2-9(8-10)11(12(14)17)16-6-4-15-5-7-16/h1-3,8,11,15H,4-7H2,(H2,14,17). The number of carbonyl (C=O) groups excluding carboxylic acids is 1. The average Bonchev–Trinajstić information content (AvgIpc) is 2.30. The van der Waals surface area contributed by atoms with E-state index in [1.54, 1.807) is 0 Å². The number of halogens is 1. The summed E-state index contributed by atoms with van der Waals surface area (Å²) >= 11 is 3.42. The van der Waals surface area contributed by atoms with E-state index >= 15 is 0 Å². The van der Waals surface area contributed by atoms with E-state index in [2.05, 4.69) is 26.1 Å². The van der Waals surface area contributed by atoms with Crippen LogP contribution in [0.2, 0.25) is 0 Å². The summed E-state index contributed by atoms with van der Waals surface area (Å²) in [6.45, 7) is 3.50. The van der Waals surface area contributed by atoms with Gasteiger partial charge in [-0.15, -0.1) is 0 Å². The van der Waals surface area contributed by atoms with Crippen LogP contribution >= 0.6 is 15.9 Å². The van der Waals surface area contributed by atoms with Gasteiger partial charge in [-0.3, -0.25) is 9.69 Å². The molecular formula is C12H16BrN3O. The van der Waals surface area contributed by atoms with Gasteiger partial charge in [0, 0.05) is 30.7 Å². The number of amides is 1. The van der Waals surface area contributed by atoms with Crippen molar-refractivity contribution in [2.45, 2.75) is 6.04 Å². The smallest absolute Gasteiger partial charge is 0.239 e. The Kier molecular flexibility index (Phi) is 4.15. The molecule has 1 saturated heterocycles. The number of rotatable bonds is 3. The zero-order valence-electron chi connectivity index (χ0n) is 9.53. The zero-order chi connectivity index (χ0) is 12.3. The Bertz CT molecular complexity index is 404. The molecule has 4 nitrogen and oxygen atoms in total. The first-order valence-electron chi connectivity index (χ1n) is 5.68. The predicted molar refractivity (Wildman–Crippen MR) is 70.5 cm³/mol. The number of piperazine rings is 1. The topological polar surface area (TPSA) is 58.4 Å². The Labute approximate surface area is 109 Å². The monoisotopic (exact) mass is 297 g/mol. The molecule has 0 spiro atoms. The first-order valence-corrected chi connectivity index (χ1v) is 6.47. The van der Waals surface area contributed by atoms with Gasteiger partial charge in [0.15, 0.2) is 0 Å². The number of nitrogens with zero attached hydrogens (tertiary/aromatic N) is 1. The van der Waals surface area contributed by atoms with E-state index in [1.807, 2.05) is 24.3 Å². The van der Waals surface area contributed by atoms with E-state index in [0.717, 1.165) is 36.2 Å². The van der Waals surface area contributed by atoms with Gasteiger partial charge in [-0.25, -0.2) is 0 Å². The maximum Gasteiger partial charge on any atom is 0.239 e. The van der Waals surface area contributed by atoms with Crippen LogP contribution in [-0.2, 0) is 4.79 Å². The summed E-state index contributed by atoms with van der Waals surface area (Å²) in [7, 11) is 0. The Balaban J connectivity index is 2.25. The van der Waals surface area contributed by atoms with E-state index in [0.29, 0.717) is 0 Å². The van der Waals surface area contributed by atoms with E-state index in [1.165, 1.54) is 0 Å². The average molecular weight is 298 g/mol. The van der Waals surface area contributed by atoms with Crippen LogP contribution < -0.4 is 11.1 Å². The molecule has 3 N–H and O–H groups in total. The summed E-state index contributed by atoms with van der Waals surface area (Å²) in [6.07, 6.45) is 0. The highest BCUT2D eigenvalue weighted by atomic mass is 79.9. The third-order valence-corrected chi connectivity index (χ3v) is 3.44. The predicted octanol–water partition coefficient (Wildman–Crippen LogP) is 0.881. The lowest BCUT2D eigenvalue weighted by Gasteiger charge is -2.33. The Morgan fingerprint density at radius 1 is 1.41 bits per heavy atom. The van der Waals surface area contributed by atoms with Crippen molar-refractivity contribution in [3.05, 3.63) is 34.3 Å². The van der Waals surface area contributed by atoms with Crippen LogP contribution in [0.25, 0.3) is 0 Å². The molecule has 1 aliphatic heterocycles. The fourth-order valence-corrected chi connectivity index (χ4v) is 2.59. The van der Waals surface area contributed by atoms with E-state index < -0.39 is 0 Å². The number of hydrogen-bond acceptors (Lipinski definition) is 3. The van der Waals surface area contributed by atoms with Crippen LogP contribution in [0.15, 0.2) is 28.7 Å². The largest absolute Gasteiger partial charge is 0.368 e. The molecule has 1 unspecified atom stereocenters. The van der Waals surface area contributed by atoms with Gasteiger partial charge in [0.1, 0.15) is 6.04 Å². The molecule has 92 valence electrons. The van der Waals surface area contributed by atoms with Gasteiger partial charge >= 0.3 is 0 Å². The summed E-state index contributed by atoms with van der Waals surface area (Å²) in [6, 6.07) is 7.45. The first-order chi connectivity index (χ1) is 8.18. The van der Waals surface area contributed by atoms with Crippen molar-refractivity contribution in [1.82, 2.24) is 10.2 Å². The summed E-state index contributed by atoms with van der Waals surface area (Å²) < 4.78 is 0.969. The number of hydrogen-bond donors (Lipinski definition) is 2. The van der Waals surface area contributed by atoms with Gasteiger partial charge in [0.25, 0.3) is 0 Å². The number of nitrogens with two attached hydrogens (primary N) is 1. The molecule has 1 aromatic carbocycles. The molecule has 0 bridgehead atoms. The van der Waals surface area contributed by atoms with Crippen molar-refractivity contribution >= 4 is 21.8 Å². The quantitative estimate of drug-likeness (QED) is 0.871. The molecule has 0 saturated carbocycles. The minimum atomic E-state index is -0.324. The zero-order valence-corrected chi connectivity index (χ0v) is 11.1. The molecule has 5 heteroatoms. The third-order valence-electron chi connectivity index (χ3n) is 2.95. The first kappa shape index (κ1) is 12.5. The minimum Gasteiger partial charge on any atom is -0.368 e. The van der Waals surface area contributed by atoms with Crippen molar-refractivity contribution in [2.75, 3.05) is 26.2 Å². The molecule has 1 aliphatic rings. The molecule has 1 aromatic rings. The summed E-state index contributed by atoms with van der Waals surface area (Å²) in [4.78, 5) is 13.8. The molecule has 17 heavy (non-hydrogen) atoms. The van der Waals surface area contributed by atoms with E-state index in [-0.39, 0.29) is 11.9 Å². The number of nitrogens with one attached hydrogen (secondary N) is 1. The Hall–Kier alpha value is -0.910. The van der Waals surface area contributed by atoms with Gasteiger partial charge in [-0.1, -0.05) is 28.1 Å². The van der Waals surface area contributed by atoms with Crippen molar-refractivity contribution in [1.29, 1.82) is 0 Å². The van der Waals surface area contributed by atoms with Crippen LogP contribution in [-0.4, -0.2) is 37.0 Å². The molecule has 2 rings (SSSR count). The third kappa shape index (κ3) is 3.06. The molecule has 0 aromatic heterocycles. The normalized spacial score (nSPS) is 18.9. The Morgan fingerprint density at radius 3 is 2.71 bits per heavy atom. The van der Waals surface area contributed by atoms with Crippen molar-refractivity contribution in [2.24, 2.45) is 5.73 Å². The second kappa shape index (κ2) is 5.62. The van der Waals surface area contributed by atoms with Crippen molar-refractivity contribution in [3.63, 3.8) is 0 Å². The number of benzene rings is 1. The molecular weight excluding hydrogens is 282 g/mol. The summed E-state index contributed by atoms with van der Waals surface area (Å²) in [5.74, 6) is -0.287. The van der Waals surface area contributed by atoms with Crippen molar-refractivity contribution < 1.29 is 4.79 Å². The van der Waals surface area contributed by atoms with Crippen LogP contribution in [0.1, 0.15) is 11.6 Å². The van der Waals surface area contributed by atoms with Gasteiger partial charge in [0.05, 0.1) is 0 Å². The van der Waals surface area contributed by atoms with Gasteiger partial charge in [-0.05, 0) is 17.7 Å². The lowest BCUT2D eigenvalue weighted by atomic mass is 10.0. The molecule has 1 heterocycles. The molecule has 1 amide bonds. The maximum atomic E-state index is 11.7. The molecule has 0 radical (unpaired) electrons. The SMILES string of the molecule is NC(=O)C(c1cccc(Br)c1)N1CCNCC1. The highest BCUT2D eigenvalue weighted by Crippen LogP contribution is 2.23. The van der Waals surface area contributed by atoms with E-state index in [4.69, 9.17) is 5.73 Å². The fourth-order valence-electron chi connectivity index (χ4n) is 2.17. The van der Waals surface area contributed by atoms with Crippen LogP contribution in [0.5, 0.6) is 0 Å². The lowest BCUT2D eigenvalue weighted by Crippen LogP contribution is -2.48. The molecule has 1 fully saturated rings. The van der Waals surface area contributed by atoms with Gasteiger partial charge in [0.2, 0.25) is 5.91 Å². The second-order valence-electron chi connectivity index (χ2n) is 4.15. The fraction of sp³-hybridized carbons (Fsp3) is 0.417. The highest BCUT2D eigenvalue weighted by Gasteiger charge is 2.26. The summed E-state index contributed by atoms with van der Waals surface area (Å²) in [5.41, 5.74) is 6.49. The Morgan fingerprint density at radius 2 is 2.12 bits per heavy atom. The number of primary amides is 1. The van der Waals surface area contributed by atoms with E-state index in [9.17, 15) is 4.79 Å².